The Hall–Kier alpha value is -2.95. The number of rotatable bonds is 2. The van der Waals surface area contributed by atoms with E-state index in [1.54, 1.807) is 0 Å². The van der Waals surface area contributed by atoms with E-state index >= 15 is 0 Å². The van der Waals surface area contributed by atoms with Gasteiger partial charge in [-0.25, -0.2) is 4.68 Å². The lowest BCUT2D eigenvalue weighted by atomic mass is 10.0. The molecule has 0 aliphatic carbocycles. The van der Waals surface area contributed by atoms with Crippen molar-refractivity contribution >= 4 is 5.69 Å². The molecular formula is C19H18N4O. The molecule has 4 rings (SSSR count). The van der Waals surface area contributed by atoms with Gasteiger partial charge in [0, 0.05) is 16.8 Å². The van der Waals surface area contributed by atoms with Crippen molar-refractivity contribution in [2.24, 2.45) is 0 Å². The van der Waals surface area contributed by atoms with Gasteiger partial charge in [0.15, 0.2) is 11.5 Å². The summed E-state index contributed by atoms with van der Waals surface area (Å²) in [5.41, 5.74) is 2.29. The predicted octanol–water partition coefficient (Wildman–Crippen LogP) is 3.48. The fourth-order valence-electron chi connectivity index (χ4n) is 3.05. The van der Waals surface area contributed by atoms with Crippen LogP contribution in [0.15, 0.2) is 59.4 Å². The van der Waals surface area contributed by atoms with Gasteiger partial charge in [0.25, 0.3) is 5.56 Å². The second-order valence-electron chi connectivity index (χ2n) is 6.16. The normalized spacial score (nSPS) is 18.4. The van der Waals surface area contributed by atoms with Gasteiger partial charge in [-0.05, 0) is 25.5 Å². The van der Waals surface area contributed by atoms with Gasteiger partial charge >= 0.3 is 0 Å². The molecule has 1 aromatic heterocycles. The Bertz CT molecular complexity index is 965. The average molecular weight is 318 g/mol. The van der Waals surface area contributed by atoms with Crippen LogP contribution in [0.25, 0.3) is 22.6 Å². The smallest absolute Gasteiger partial charge is 0.300 e. The average Bonchev–Trinajstić information content (AvgIpc) is 2.62. The van der Waals surface area contributed by atoms with Gasteiger partial charge in [0.2, 0.25) is 0 Å². The number of nitrogens with one attached hydrogen (secondary N) is 1. The van der Waals surface area contributed by atoms with Crippen LogP contribution in [0.3, 0.4) is 0 Å². The van der Waals surface area contributed by atoms with Crippen molar-refractivity contribution in [2.45, 2.75) is 25.9 Å². The highest BCUT2D eigenvalue weighted by Gasteiger charge is 2.34. The van der Waals surface area contributed by atoms with Gasteiger partial charge in [0.1, 0.15) is 5.66 Å². The molecule has 5 nitrogen and oxygen atoms in total. The second kappa shape index (κ2) is 5.30. The van der Waals surface area contributed by atoms with E-state index in [-0.39, 0.29) is 5.56 Å². The molecular weight excluding hydrogens is 300 g/mol. The molecule has 1 N–H and O–H groups in total. The minimum atomic E-state index is -0.437. The van der Waals surface area contributed by atoms with Crippen LogP contribution in [0.5, 0.6) is 0 Å². The Labute approximate surface area is 140 Å². The maximum absolute atomic E-state index is 12.6. The molecule has 24 heavy (non-hydrogen) atoms. The van der Waals surface area contributed by atoms with Crippen molar-refractivity contribution in [1.29, 1.82) is 0 Å². The largest absolute Gasteiger partial charge is 0.361 e. The molecule has 0 saturated heterocycles. The Kier molecular flexibility index (Phi) is 3.23. The first kappa shape index (κ1) is 14.6. The molecule has 0 saturated carbocycles. The molecule has 0 radical (unpaired) electrons. The summed E-state index contributed by atoms with van der Waals surface area (Å²) in [6, 6.07) is 17.3. The third-order valence-corrected chi connectivity index (χ3v) is 4.59. The molecule has 1 aliphatic rings. The van der Waals surface area contributed by atoms with E-state index in [1.165, 1.54) is 0 Å². The molecule has 0 spiro atoms. The minimum Gasteiger partial charge on any atom is -0.361 e. The van der Waals surface area contributed by atoms with Crippen LogP contribution in [-0.4, -0.2) is 14.8 Å². The van der Waals surface area contributed by atoms with E-state index in [9.17, 15) is 4.79 Å². The van der Waals surface area contributed by atoms with Crippen LogP contribution < -0.4 is 10.9 Å². The van der Waals surface area contributed by atoms with E-state index in [4.69, 9.17) is 0 Å². The topological polar surface area (TPSA) is 59.8 Å². The molecule has 2 aromatic carbocycles. The standard InChI is InChI=1S/C19H18N4O/c1-3-19(2)21-15-12-8-7-11-14(15)17-20-18(24)16(22-23(17)19)13-9-5-4-6-10-13/h4-12,21H,3H2,1-2H3. The molecule has 2 heterocycles. The Morgan fingerprint density at radius 3 is 2.54 bits per heavy atom. The summed E-state index contributed by atoms with van der Waals surface area (Å²) in [6.45, 7) is 4.16. The molecule has 1 unspecified atom stereocenters. The monoisotopic (exact) mass is 318 g/mol. The Morgan fingerprint density at radius 1 is 1.08 bits per heavy atom. The first-order chi connectivity index (χ1) is 11.6. The van der Waals surface area contributed by atoms with Crippen molar-refractivity contribution in [3.05, 3.63) is 65.0 Å². The molecule has 0 amide bonds. The van der Waals surface area contributed by atoms with Gasteiger partial charge in [0.05, 0.1) is 0 Å². The zero-order valence-corrected chi connectivity index (χ0v) is 13.7. The number of fused-ring (bicyclic) bond motifs is 3. The van der Waals surface area contributed by atoms with Crippen molar-refractivity contribution in [1.82, 2.24) is 14.8 Å². The first-order valence-electron chi connectivity index (χ1n) is 8.07. The van der Waals surface area contributed by atoms with Gasteiger partial charge in [-0.15, -0.1) is 0 Å². The SMILES string of the molecule is CCC1(C)Nc2ccccc2-c2nc(=O)c(-c3ccccc3)nn21. The summed E-state index contributed by atoms with van der Waals surface area (Å²) in [6.07, 6.45) is 0.806. The summed E-state index contributed by atoms with van der Waals surface area (Å²) in [4.78, 5) is 17.0. The first-order valence-corrected chi connectivity index (χ1v) is 8.07. The fourth-order valence-corrected chi connectivity index (χ4v) is 3.05. The van der Waals surface area contributed by atoms with Crippen LogP contribution in [0.2, 0.25) is 0 Å². The van der Waals surface area contributed by atoms with Crippen molar-refractivity contribution in [3.63, 3.8) is 0 Å². The number of hydrogen-bond acceptors (Lipinski definition) is 4. The predicted molar refractivity (Wildman–Crippen MR) is 94.7 cm³/mol. The number of hydrogen-bond donors (Lipinski definition) is 1. The molecule has 3 aromatic rings. The minimum absolute atomic E-state index is 0.303. The summed E-state index contributed by atoms with van der Waals surface area (Å²) in [5.74, 6) is 0.610. The lowest BCUT2D eigenvalue weighted by molar-refractivity contribution is 0.312. The van der Waals surface area contributed by atoms with E-state index in [2.05, 4.69) is 29.2 Å². The summed E-state index contributed by atoms with van der Waals surface area (Å²) < 4.78 is 1.85. The molecule has 120 valence electrons. The quantitative estimate of drug-likeness (QED) is 0.786. The number of benzene rings is 2. The van der Waals surface area contributed by atoms with Gasteiger partial charge in [-0.2, -0.15) is 10.1 Å². The zero-order chi connectivity index (χ0) is 16.7. The molecule has 0 bridgehead atoms. The highest BCUT2D eigenvalue weighted by Crippen LogP contribution is 2.37. The Balaban J connectivity index is 2.02. The third kappa shape index (κ3) is 2.12. The van der Waals surface area contributed by atoms with Gasteiger partial charge < -0.3 is 5.32 Å². The highest BCUT2D eigenvalue weighted by atomic mass is 16.1. The number of nitrogens with zero attached hydrogens (tertiary/aromatic N) is 3. The maximum atomic E-state index is 12.6. The highest BCUT2D eigenvalue weighted by molar-refractivity contribution is 5.76. The maximum Gasteiger partial charge on any atom is 0.300 e. The van der Waals surface area contributed by atoms with Crippen molar-refractivity contribution < 1.29 is 0 Å². The van der Waals surface area contributed by atoms with Crippen LogP contribution in [0, 0.1) is 0 Å². The number of para-hydroxylation sites is 1. The molecule has 1 atom stereocenters. The molecule has 5 heteroatoms. The van der Waals surface area contributed by atoms with E-state index < -0.39 is 5.66 Å². The number of aromatic nitrogens is 3. The van der Waals surface area contributed by atoms with Gasteiger partial charge in [-0.3, -0.25) is 4.79 Å². The van der Waals surface area contributed by atoms with E-state index in [0.29, 0.717) is 11.5 Å². The van der Waals surface area contributed by atoms with Crippen LogP contribution >= 0.6 is 0 Å². The molecule has 1 aliphatic heterocycles. The van der Waals surface area contributed by atoms with Crippen LogP contribution in [0.4, 0.5) is 5.69 Å². The second-order valence-corrected chi connectivity index (χ2v) is 6.16. The van der Waals surface area contributed by atoms with Crippen molar-refractivity contribution in [2.75, 3.05) is 5.32 Å². The van der Waals surface area contributed by atoms with Crippen LogP contribution in [-0.2, 0) is 5.66 Å². The lowest BCUT2D eigenvalue weighted by Gasteiger charge is -2.38. The zero-order valence-electron chi connectivity index (χ0n) is 13.7. The summed E-state index contributed by atoms with van der Waals surface area (Å²) >= 11 is 0. The molecule has 0 fully saturated rings. The van der Waals surface area contributed by atoms with E-state index in [0.717, 1.165) is 23.2 Å². The fraction of sp³-hybridized carbons (Fsp3) is 0.211. The summed E-state index contributed by atoms with van der Waals surface area (Å²) in [7, 11) is 0. The lowest BCUT2D eigenvalue weighted by Crippen LogP contribution is -2.44. The number of anilines is 1. The van der Waals surface area contributed by atoms with Crippen molar-refractivity contribution in [3.8, 4) is 22.6 Å². The third-order valence-electron chi connectivity index (χ3n) is 4.59. The van der Waals surface area contributed by atoms with Gasteiger partial charge in [-0.1, -0.05) is 49.4 Å². The van der Waals surface area contributed by atoms with E-state index in [1.807, 2.05) is 59.3 Å². The summed E-state index contributed by atoms with van der Waals surface area (Å²) in [5, 5.41) is 8.22. The van der Waals surface area contributed by atoms with Crippen LogP contribution in [0.1, 0.15) is 20.3 Å². The Morgan fingerprint density at radius 2 is 1.79 bits per heavy atom.